The van der Waals surface area contributed by atoms with Gasteiger partial charge >= 0.3 is 6.18 Å². The van der Waals surface area contributed by atoms with E-state index in [0.29, 0.717) is 22.4 Å². The summed E-state index contributed by atoms with van der Waals surface area (Å²) < 4.78 is 45.7. The van der Waals surface area contributed by atoms with Gasteiger partial charge in [0.2, 0.25) is 0 Å². The molecule has 3 heterocycles. The normalized spacial score (nSPS) is 24.5. The lowest BCUT2D eigenvalue weighted by atomic mass is 10.1. The highest BCUT2D eigenvalue weighted by molar-refractivity contribution is 5.87. The number of aliphatic hydroxyl groups is 3. The molecule has 0 saturated carbocycles. The minimum Gasteiger partial charge on any atom is -0.394 e. The summed E-state index contributed by atoms with van der Waals surface area (Å²) in [4.78, 5) is 8.33. The van der Waals surface area contributed by atoms with Crippen LogP contribution in [0.2, 0.25) is 0 Å². The zero-order chi connectivity index (χ0) is 21.5. The monoisotopic (exact) mass is 424 g/mol. The highest BCUT2D eigenvalue weighted by atomic mass is 19.4. The van der Waals surface area contributed by atoms with Crippen molar-refractivity contribution in [1.29, 1.82) is 0 Å². The average Bonchev–Trinajstić information content (AvgIpc) is 3.27. The highest BCUT2D eigenvalue weighted by Gasteiger charge is 2.43. The van der Waals surface area contributed by atoms with Crippen LogP contribution in [-0.2, 0) is 17.5 Å². The summed E-state index contributed by atoms with van der Waals surface area (Å²) in [5.41, 5.74) is 0.0935. The molecule has 4 rings (SSSR count). The zero-order valence-corrected chi connectivity index (χ0v) is 15.5. The molecular weight excluding hydrogens is 405 g/mol. The van der Waals surface area contributed by atoms with Crippen LogP contribution in [0, 0.1) is 0 Å². The van der Waals surface area contributed by atoms with E-state index in [-0.39, 0.29) is 6.54 Å². The Balaban J connectivity index is 1.57. The molecule has 4 atom stereocenters. The van der Waals surface area contributed by atoms with Gasteiger partial charge in [-0.15, -0.1) is 0 Å². The highest BCUT2D eigenvalue weighted by Crippen LogP contribution is 2.33. The quantitative estimate of drug-likeness (QED) is 0.493. The molecule has 1 aliphatic rings. The van der Waals surface area contributed by atoms with E-state index in [9.17, 15) is 28.5 Å². The molecular formula is C19H19F3N4O4. The minimum absolute atomic E-state index is 0.106. The SMILES string of the molecule is OC[C@H]1O[C@@H](n2ccc3c(NCc4cccc(C(F)(F)F)c4)ncnc32)[C@H](O)[C@@H]1O. The molecule has 30 heavy (non-hydrogen) atoms. The first-order valence-electron chi connectivity index (χ1n) is 9.13. The third kappa shape index (κ3) is 3.72. The van der Waals surface area contributed by atoms with Crippen molar-refractivity contribution < 1.29 is 33.2 Å². The largest absolute Gasteiger partial charge is 0.416 e. The van der Waals surface area contributed by atoms with E-state index < -0.39 is 42.9 Å². The number of rotatable bonds is 5. The van der Waals surface area contributed by atoms with Gasteiger partial charge in [0.15, 0.2) is 6.23 Å². The Morgan fingerprint density at radius 3 is 2.63 bits per heavy atom. The Morgan fingerprint density at radius 2 is 1.93 bits per heavy atom. The summed E-state index contributed by atoms with van der Waals surface area (Å²) in [7, 11) is 0. The first kappa shape index (κ1) is 20.5. The lowest BCUT2D eigenvalue weighted by molar-refractivity contribution is -0.137. The Hall–Kier alpha value is -2.73. The summed E-state index contributed by atoms with van der Waals surface area (Å²) in [6.45, 7) is -0.345. The van der Waals surface area contributed by atoms with Crippen molar-refractivity contribution in [2.45, 2.75) is 37.3 Å². The van der Waals surface area contributed by atoms with E-state index in [2.05, 4.69) is 15.3 Å². The summed E-state index contributed by atoms with van der Waals surface area (Å²) in [6, 6.07) is 6.65. The average molecular weight is 424 g/mol. The van der Waals surface area contributed by atoms with Gasteiger partial charge in [0.1, 0.15) is 36.1 Å². The van der Waals surface area contributed by atoms with Crippen LogP contribution in [0.4, 0.5) is 19.0 Å². The molecule has 3 aromatic rings. The van der Waals surface area contributed by atoms with Crippen LogP contribution < -0.4 is 5.32 Å². The topological polar surface area (TPSA) is 113 Å². The Morgan fingerprint density at radius 1 is 1.13 bits per heavy atom. The number of benzene rings is 1. The molecule has 0 unspecified atom stereocenters. The Labute approximate surface area is 168 Å². The summed E-state index contributed by atoms with van der Waals surface area (Å²) in [5.74, 6) is 0.392. The van der Waals surface area contributed by atoms with Gasteiger partial charge in [-0.05, 0) is 23.8 Å². The maximum absolute atomic E-state index is 12.9. The molecule has 0 aliphatic carbocycles. The van der Waals surface area contributed by atoms with E-state index in [4.69, 9.17) is 4.74 Å². The molecule has 8 nitrogen and oxygen atoms in total. The number of fused-ring (bicyclic) bond motifs is 1. The smallest absolute Gasteiger partial charge is 0.394 e. The van der Waals surface area contributed by atoms with Crippen LogP contribution in [0.1, 0.15) is 17.4 Å². The number of nitrogens with zero attached hydrogens (tertiary/aromatic N) is 3. The van der Waals surface area contributed by atoms with Gasteiger partial charge in [-0.25, -0.2) is 9.97 Å². The molecule has 11 heteroatoms. The van der Waals surface area contributed by atoms with E-state index in [0.717, 1.165) is 12.1 Å². The molecule has 0 spiro atoms. The first-order chi connectivity index (χ1) is 14.3. The summed E-state index contributed by atoms with van der Waals surface area (Å²) in [6.07, 6.45) is -5.96. The van der Waals surface area contributed by atoms with E-state index in [1.807, 2.05) is 0 Å². The van der Waals surface area contributed by atoms with Gasteiger partial charge in [-0.2, -0.15) is 13.2 Å². The van der Waals surface area contributed by atoms with Crippen LogP contribution in [-0.4, -0.2) is 54.8 Å². The van der Waals surface area contributed by atoms with E-state index in [1.165, 1.54) is 17.0 Å². The predicted octanol–water partition coefficient (Wildman–Crippen LogP) is 1.67. The van der Waals surface area contributed by atoms with Crippen molar-refractivity contribution in [2.24, 2.45) is 0 Å². The second-order valence-electron chi connectivity index (χ2n) is 6.96. The number of aromatic nitrogens is 3. The maximum Gasteiger partial charge on any atom is 0.416 e. The number of anilines is 1. The van der Waals surface area contributed by atoms with Crippen LogP contribution >= 0.6 is 0 Å². The number of aliphatic hydroxyl groups excluding tert-OH is 3. The number of hydrogen-bond donors (Lipinski definition) is 4. The van der Waals surface area contributed by atoms with Gasteiger partial charge in [0.25, 0.3) is 0 Å². The lowest BCUT2D eigenvalue weighted by Crippen LogP contribution is -2.33. The number of alkyl halides is 3. The van der Waals surface area contributed by atoms with Crippen molar-refractivity contribution in [3.63, 3.8) is 0 Å². The van der Waals surface area contributed by atoms with Crippen molar-refractivity contribution in [1.82, 2.24) is 14.5 Å². The third-order valence-corrected chi connectivity index (χ3v) is 5.01. The minimum atomic E-state index is -4.42. The van der Waals surface area contributed by atoms with Gasteiger partial charge in [-0.1, -0.05) is 12.1 Å². The molecule has 1 aromatic carbocycles. The molecule has 0 amide bonds. The fourth-order valence-corrected chi connectivity index (χ4v) is 3.47. The fourth-order valence-electron chi connectivity index (χ4n) is 3.47. The molecule has 160 valence electrons. The fraction of sp³-hybridized carbons (Fsp3) is 0.368. The van der Waals surface area contributed by atoms with Gasteiger partial charge in [0, 0.05) is 12.7 Å². The van der Waals surface area contributed by atoms with Crippen molar-refractivity contribution in [3.8, 4) is 0 Å². The summed E-state index contributed by atoms with van der Waals surface area (Å²) in [5, 5.41) is 33.0. The third-order valence-electron chi connectivity index (χ3n) is 5.01. The Bertz CT molecular complexity index is 1040. The Kier molecular flexibility index (Phi) is 5.36. The standard InChI is InChI=1S/C19H19F3N4O4/c20-19(21,22)11-3-1-2-10(6-11)7-23-16-12-4-5-26(17(12)25-9-24-16)18-15(29)14(28)13(8-27)30-18/h1-6,9,13-15,18,27-29H,7-8H2,(H,23,24,25)/t13-,14-,15-,18-/m1/s1. The molecule has 1 saturated heterocycles. The van der Waals surface area contributed by atoms with Crippen molar-refractivity contribution >= 4 is 16.9 Å². The van der Waals surface area contributed by atoms with Gasteiger partial charge in [0.05, 0.1) is 17.6 Å². The van der Waals surface area contributed by atoms with Crippen LogP contribution in [0.15, 0.2) is 42.9 Å². The first-order valence-corrected chi connectivity index (χ1v) is 9.13. The molecule has 1 fully saturated rings. The zero-order valence-electron chi connectivity index (χ0n) is 15.5. The van der Waals surface area contributed by atoms with Crippen LogP contribution in [0.5, 0.6) is 0 Å². The number of nitrogens with one attached hydrogen (secondary N) is 1. The maximum atomic E-state index is 12.9. The molecule has 0 bridgehead atoms. The van der Waals surface area contributed by atoms with Crippen molar-refractivity contribution in [2.75, 3.05) is 11.9 Å². The molecule has 2 aromatic heterocycles. The van der Waals surface area contributed by atoms with Gasteiger partial charge < -0.3 is 29.9 Å². The van der Waals surface area contributed by atoms with Crippen LogP contribution in [0.3, 0.4) is 0 Å². The van der Waals surface area contributed by atoms with E-state index in [1.54, 1.807) is 18.3 Å². The second kappa shape index (κ2) is 7.84. The number of ether oxygens (including phenoxy) is 1. The number of halogens is 3. The molecule has 1 aliphatic heterocycles. The second-order valence-corrected chi connectivity index (χ2v) is 6.96. The molecule has 4 N–H and O–H groups in total. The van der Waals surface area contributed by atoms with Crippen LogP contribution in [0.25, 0.3) is 11.0 Å². The van der Waals surface area contributed by atoms with Gasteiger partial charge in [-0.3, -0.25) is 0 Å². The van der Waals surface area contributed by atoms with E-state index >= 15 is 0 Å². The lowest BCUT2D eigenvalue weighted by Gasteiger charge is -2.17. The number of hydrogen-bond acceptors (Lipinski definition) is 7. The molecule has 0 radical (unpaired) electrons. The predicted molar refractivity (Wildman–Crippen MR) is 99.3 cm³/mol. The van der Waals surface area contributed by atoms with Crippen molar-refractivity contribution in [3.05, 3.63) is 54.0 Å². The summed E-state index contributed by atoms with van der Waals surface area (Å²) >= 11 is 0.